The van der Waals surface area contributed by atoms with Crippen molar-refractivity contribution in [2.45, 2.75) is 12.5 Å². The fourth-order valence-electron chi connectivity index (χ4n) is 2.08. The van der Waals surface area contributed by atoms with Crippen molar-refractivity contribution >= 4 is 21.8 Å². The van der Waals surface area contributed by atoms with Crippen molar-refractivity contribution in [1.29, 1.82) is 0 Å². The van der Waals surface area contributed by atoms with Crippen LogP contribution in [0.25, 0.3) is 0 Å². The van der Waals surface area contributed by atoms with E-state index in [4.69, 9.17) is 4.74 Å². The minimum atomic E-state index is -0.471. The second-order valence-electron chi connectivity index (χ2n) is 5.02. The second-order valence-corrected chi connectivity index (χ2v) is 5.58. The molecule has 4 heteroatoms. The van der Waals surface area contributed by atoms with Crippen molar-refractivity contribution < 1.29 is 9.53 Å². The van der Waals surface area contributed by atoms with E-state index < -0.39 is 5.54 Å². The molecule has 1 atom stereocenters. The van der Waals surface area contributed by atoms with Crippen LogP contribution in [-0.4, -0.2) is 18.3 Å². The number of carbonyl (C=O) groups excluding carboxylic acids is 1. The number of halogens is 1. The number of methoxy groups -OCH3 is 1. The van der Waals surface area contributed by atoms with Crippen LogP contribution in [0.1, 0.15) is 22.8 Å². The zero-order valence-corrected chi connectivity index (χ0v) is 13.7. The molecular formula is C17H18BrNO2. The highest BCUT2D eigenvalue weighted by molar-refractivity contribution is 9.09. The molecule has 0 saturated carbocycles. The minimum Gasteiger partial charge on any atom is -0.497 e. The van der Waals surface area contributed by atoms with Gasteiger partial charge in [-0.05, 0) is 30.7 Å². The Kier molecular flexibility index (Phi) is 5.02. The van der Waals surface area contributed by atoms with E-state index in [0.717, 1.165) is 5.56 Å². The van der Waals surface area contributed by atoms with Crippen LogP contribution >= 0.6 is 15.9 Å². The number of carbonyl (C=O) groups is 1. The van der Waals surface area contributed by atoms with E-state index >= 15 is 0 Å². The number of ether oxygens (including phenoxy) is 1. The second kappa shape index (κ2) is 6.76. The Bertz CT molecular complexity index is 615. The molecule has 3 nitrogen and oxygen atoms in total. The third-order valence-corrected chi connectivity index (χ3v) is 4.52. The highest BCUT2D eigenvalue weighted by atomic mass is 79.9. The van der Waals surface area contributed by atoms with Crippen LogP contribution in [0.3, 0.4) is 0 Å². The van der Waals surface area contributed by atoms with E-state index in [9.17, 15) is 4.79 Å². The average molecular weight is 348 g/mol. The Hall–Kier alpha value is -1.81. The van der Waals surface area contributed by atoms with Crippen molar-refractivity contribution in [2.24, 2.45) is 0 Å². The molecule has 21 heavy (non-hydrogen) atoms. The van der Waals surface area contributed by atoms with Gasteiger partial charge in [0.1, 0.15) is 5.75 Å². The molecule has 110 valence electrons. The number of nitrogens with one attached hydrogen (secondary N) is 1. The van der Waals surface area contributed by atoms with E-state index in [1.807, 2.05) is 49.4 Å². The molecule has 0 aliphatic carbocycles. The molecule has 1 unspecified atom stereocenters. The number of benzene rings is 2. The first kappa shape index (κ1) is 15.6. The van der Waals surface area contributed by atoms with E-state index in [1.165, 1.54) is 0 Å². The van der Waals surface area contributed by atoms with Gasteiger partial charge in [0.05, 0.1) is 12.6 Å². The van der Waals surface area contributed by atoms with E-state index in [1.54, 1.807) is 19.2 Å². The number of hydrogen-bond acceptors (Lipinski definition) is 2. The summed E-state index contributed by atoms with van der Waals surface area (Å²) in [5.41, 5.74) is 1.16. The smallest absolute Gasteiger partial charge is 0.252 e. The summed E-state index contributed by atoms with van der Waals surface area (Å²) in [6.45, 7) is 2.00. The standard InChI is InChI=1S/C17H18BrNO2/c1-17(12-18,14-8-4-3-5-9-14)19-16(20)13-7-6-10-15(11-13)21-2/h3-11H,12H2,1-2H3,(H,19,20). The van der Waals surface area contributed by atoms with Crippen molar-refractivity contribution in [3.05, 3.63) is 65.7 Å². The molecule has 2 aromatic rings. The third kappa shape index (κ3) is 3.64. The summed E-state index contributed by atoms with van der Waals surface area (Å²) in [6, 6.07) is 17.0. The summed E-state index contributed by atoms with van der Waals surface area (Å²) in [6.07, 6.45) is 0. The summed E-state index contributed by atoms with van der Waals surface area (Å²) in [5.74, 6) is 0.544. The monoisotopic (exact) mass is 347 g/mol. The number of amides is 1. The predicted molar refractivity (Wildman–Crippen MR) is 88.0 cm³/mol. The van der Waals surface area contributed by atoms with Crippen LogP contribution in [0.5, 0.6) is 5.75 Å². The number of rotatable bonds is 5. The molecule has 0 aliphatic rings. The molecule has 2 aromatic carbocycles. The van der Waals surface area contributed by atoms with Gasteiger partial charge in [0.25, 0.3) is 5.91 Å². The highest BCUT2D eigenvalue weighted by Crippen LogP contribution is 2.24. The lowest BCUT2D eigenvalue weighted by molar-refractivity contribution is 0.0914. The lowest BCUT2D eigenvalue weighted by Gasteiger charge is -2.29. The molecule has 0 radical (unpaired) electrons. The molecule has 0 bridgehead atoms. The van der Waals surface area contributed by atoms with Crippen LogP contribution in [0, 0.1) is 0 Å². The number of hydrogen-bond donors (Lipinski definition) is 1. The molecule has 0 aliphatic heterocycles. The molecule has 1 N–H and O–H groups in total. The summed E-state index contributed by atoms with van der Waals surface area (Å²) >= 11 is 3.50. The Morgan fingerprint density at radius 2 is 1.90 bits per heavy atom. The molecule has 0 saturated heterocycles. The maximum atomic E-state index is 12.5. The summed E-state index contributed by atoms with van der Waals surface area (Å²) < 4.78 is 5.16. The van der Waals surface area contributed by atoms with Crippen molar-refractivity contribution in [1.82, 2.24) is 5.32 Å². The van der Waals surface area contributed by atoms with Gasteiger partial charge in [-0.2, -0.15) is 0 Å². The van der Waals surface area contributed by atoms with Crippen molar-refractivity contribution in [3.63, 3.8) is 0 Å². The molecule has 2 rings (SSSR count). The molecule has 0 fully saturated rings. The van der Waals surface area contributed by atoms with Gasteiger partial charge in [-0.1, -0.05) is 52.3 Å². The summed E-state index contributed by atoms with van der Waals surface area (Å²) in [5, 5.41) is 3.71. The fourth-order valence-corrected chi connectivity index (χ4v) is 2.54. The van der Waals surface area contributed by atoms with Crippen molar-refractivity contribution in [2.75, 3.05) is 12.4 Å². The lowest BCUT2D eigenvalue weighted by Crippen LogP contribution is -2.44. The van der Waals surface area contributed by atoms with Gasteiger partial charge in [0.2, 0.25) is 0 Å². The van der Waals surface area contributed by atoms with Gasteiger partial charge in [-0.3, -0.25) is 4.79 Å². The van der Waals surface area contributed by atoms with E-state index in [0.29, 0.717) is 16.6 Å². The lowest BCUT2D eigenvalue weighted by atomic mass is 9.94. The van der Waals surface area contributed by atoms with Gasteiger partial charge in [0, 0.05) is 10.9 Å². The fraction of sp³-hybridized carbons (Fsp3) is 0.235. The first-order chi connectivity index (χ1) is 10.1. The zero-order valence-electron chi connectivity index (χ0n) is 12.1. The number of alkyl halides is 1. The van der Waals surface area contributed by atoms with E-state index in [2.05, 4.69) is 21.2 Å². The molecule has 0 heterocycles. The first-order valence-corrected chi connectivity index (χ1v) is 7.79. The van der Waals surface area contributed by atoms with Gasteiger partial charge >= 0.3 is 0 Å². The van der Waals surface area contributed by atoms with Crippen LogP contribution < -0.4 is 10.1 Å². The predicted octanol–water partition coefficient (Wildman–Crippen LogP) is 3.74. The largest absolute Gasteiger partial charge is 0.497 e. The topological polar surface area (TPSA) is 38.3 Å². The molecule has 0 aromatic heterocycles. The Balaban J connectivity index is 2.23. The SMILES string of the molecule is COc1cccc(C(=O)NC(C)(CBr)c2ccccc2)c1. The van der Waals surface area contributed by atoms with Crippen LogP contribution in [0.2, 0.25) is 0 Å². The molecule has 1 amide bonds. The quantitative estimate of drug-likeness (QED) is 0.836. The van der Waals surface area contributed by atoms with Crippen molar-refractivity contribution in [3.8, 4) is 5.75 Å². The molecular weight excluding hydrogens is 330 g/mol. The summed E-state index contributed by atoms with van der Waals surface area (Å²) in [7, 11) is 1.59. The Morgan fingerprint density at radius 1 is 1.19 bits per heavy atom. The van der Waals surface area contributed by atoms with Crippen LogP contribution in [0.4, 0.5) is 0 Å². The van der Waals surface area contributed by atoms with Gasteiger partial charge in [-0.15, -0.1) is 0 Å². The van der Waals surface area contributed by atoms with Gasteiger partial charge in [0.15, 0.2) is 0 Å². The van der Waals surface area contributed by atoms with Crippen LogP contribution in [-0.2, 0) is 5.54 Å². The zero-order chi connectivity index (χ0) is 15.3. The maximum Gasteiger partial charge on any atom is 0.252 e. The van der Waals surface area contributed by atoms with Crippen LogP contribution in [0.15, 0.2) is 54.6 Å². The average Bonchev–Trinajstić information content (AvgIpc) is 2.55. The normalized spacial score (nSPS) is 13.3. The van der Waals surface area contributed by atoms with Gasteiger partial charge in [-0.25, -0.2) is 0 Å². The van der Waals surface area contributed by atoms with E-state index in [-0.39, 0.29) is 5.91 Å². The first-order valence-electron chi connectivity index (χ1n) is 6.67. The van der Waals surface area contributed by atoms with Gasteiger partial charge < -0.3 is 10.1 Å². The maximum absolute atomic E-state index is 12.5. The third-order valence-electron chi connectivity index (χ3n) is 3.40. The molecule has 0 spiro atoms. The Morgan fingerprint density at radius 3 is 2.52 bits per heavy atom. The Labute approximate surface area is 133 Å². The highest BCUT2D eigenvalue weighted by Gasteiger charge is 2.27. The minimum absolute atomic E-state index is 0.125. The summed E-state index contributed by atoms with van der Waals surface area (Å²) in [4.78, 5) is 12.5.